The van der Waals surface area contributed by atoms with E-state index in [1.54, 1.807) is 55.8 Å². The second-order valence-electron chi connectivity index (χ2n) is 9.61. The lowest BCUT2D eigenvalue weighted by Gasteiger charge is -2.26. The number of nitrogens with zero attached hydrogens (tertiary/aromatic N) is 2. The summed E-state index contributed by atoms with van der Waals surface area (Å²) in [4.78, 5) is 32.0. The number of phenols is 1. The van der Waals surface area contributed by atoms with Crippen molar-refractivity contribution in [2.24, 2.45) is 0 Å². The third kappa shape index (κ3) is 4.25. The zero-order valence-electron chi connectivity index (χ0n) is 20.4. The van der Waals surface area contributed by atoms with Gasteiger partial charge in [0.15, 0.2) is 0 Å². The Hall–Kier alpha value is -4.13. The Balaban J connectivity index is 1.98. The highest BCUT2D eigenvalue weighted by Gasteiger charge is 2.48. The molecule has 180 valence electrons. The Bertz CT molecular complexity index is 1340. The van der Waals surface area contributed by atoms with E-state index in [0.717, 1.165) is 11.1 Å². The molecule has 1 aliphatic heterocycles. The van der Waals surface area contributed by atoms with Crippen LogP contribution in [0.4, 0.5) is 5.69 Å². The molecule has 4 rings (SSSR count). The van der Waals surface area contributed by atoms with Crippen molar-refractivity contribution in [1.82, 2.24) is 4.98 Å². The van der Waals surface area contributed by atoms with Gasteiger partial charge in [-0.3, -0.25) is 19.5 Å². The highest BCUT2D eigenvalue weighted by molar-refractivity contribution is 6.51. The summed E-state index contributed by atoms with van der Waals surface area (Å²) in [6.45, 7) is 7.88. The Labute approximate surface area is 204 Å². The van der Waals surface area contributed by atoms with Gasteiger partial charge in [-0.2, -0.15) is 0 Å². The molecule has 7 nitrogen and oxygen atoms in total. The van der Waals surface area contributed by atoms with Gasteiger partial charge in [0.25, 0.3) is 11.7 Å². The fourth-order valence-electron chi connectivity index (χ4n) is 4.36. The number of ketones is 1. The fourth-order valence-corrected chi connectivity index (χ4v) is 4.36. The average molecular weight is 473 g/mol. The number of anilines is 1. The van der Waals surface area contributed by atoms with Gasteiger partial charge in [0.2, 0.25) is 0 Å². The number of hydrogen-bond acceptors (Lipinski definition) is 6. The van der Waals surface area contributed by atoms with Crippen LogP contribution >= 0.6 is 0 Å². The molecule has 1 unspecified atom stereocenters. The van der Waals surface area contributed by atoms with Gasteiger partial charge in [0.05, 0.1) is 24.4 Å². The van der Waals surface area contributed by atoms with E-state index >= 15 is 0 Å². The molecule has 0 bridgehead atoms. The number of Topliss-reactive ketones (excluding diaryl/α,β-unsaturated/α-hetero) is 1. The van der Waals surface area contributed by atoms with Gasteiger partial charge in [-0.15, -0.1) is 0 Å². The summed E-state index contributed by atoms with van der Waals surface area (Å²) in [6.07, 6.45) is 3.12. The molecule has 2 N–H and O–H groups in total. The zero-order valence-corrected chi connectivity index (χ0v) is 20.4. The maximum Gasteiger partial charge on any atom is 0.300 e. The van der Waals surface area contributed by atoms with Crippen molar-refractivity contribution in [1.29, 1.82) is 0 Å². The van der Waals surface area contributed by atoms with Gasteiger partial charge < -0.3 is 14.9 Å². The van der Waals surface area contributed by atoms with Crippen molar-refractivity contribution in [2.75, 3.05) is 12.0 Å². The first-order valence-corrected chi connectivity index (χ1v) is 11.2. The number of carbonyl (C=O) groups is 2. The van der Waals surface area contributed by atoms with E-state index < -0.39 is 17.7 Å². The minimum absolute atomic E-state index is 0.0751. The summed E-state index contributed by atoms with van der Waals surface area (Å²) in [5, 5.41) is 22.0. The van der Waals surface area contributed by atoms with Crippen LogP contribution < -0.4 is 9.64 Å². The molecule has 0 aliphatic carbocycles. The number of rotatable bonds is 4. The molecule has 1 aromatic heterocycles. The van der Waals surface area contributed by atoms with Crippen LogP contribution in [0.1, 0.15) is 49.1 Å². The summed E-state index contributed by atoms with van der Waals surface area (Å²) in [7, 11) is 1.58. The lowest BCUT2D eigenvalue weighted by atomic mass is 9.84. The average Bonchev–Trinajstić information content (AvgIpc) is 3.10. The molecule has 35 heavy (non-hydrogen) atoms. The molecule has 0 radical (unpaired) electrons. The van der Waals surface area contributed by atoms with E-state index in [-0.39, 0.29) is 28.2 Å². The van der Waals surface area contributed by atoms with E-state index in [4.69, 9.17) is 4.74 Å². The number of benzene rings is 2. The van der Waals surface area contributed by atoms with Crippen LogP contribution in [0.25, 0.3) is 5.76 Å². The third-order valence-corrected chi connectivity index (χ3v) is 6.12. The molecule has 0 saturated carbocycles. The number of aromatic hydroxyl groups is 1. The van der Waals surface area contributed by atoms with E-state index in [0.29, 0.717) is 16.9 Å². The van der Waals surface area contributed by atoms with Gasteiger partial charge in [-0.25, -0.2) is 0 Å². The van der Waals surface area contributed by atoms with Gasteiger partial charge in [0, 0.05) is 23.5 Å². The molecule has 1 fully saturated rings. The lowest BCUT2D eigenvalue weighted by Crippen LogP contribution is -2.29. The number of phenolic OH excluding ortho intramolecular Hbond substituents is 1. The SMILES string of the molecule is COc1ccc(/C(O)=C2/C(=O)C(=O)N(c3cc(C)ccc3O)C2c2cccnc2)cc1C(C)(C)C. The largest absolute Gasteiger partial charge is 0.507 e. The first-order chi connectivity index (χ1) is 16.5. The number of ether oxygens (including phenoxy) is 1. The molecule has 2 heterocycles. The Morgan fingerprint density at radius 1 is 1.09 bits per heavy atom. The van der Waals surface area contributed by atoms with Crippen LogP contribution in [0.2, 0.25) is 0 Å². The highest BCUT2D eigenvalue weighted by Crippen LogP contribution is 2.45. The smallest absolute Gasteiger partial charge is 0.300 e. The van der Waals surface area contributed by atoms with E-state index in [1.165, 1.54) is 17.2 Å². The fraction of sp³-hybridized carbons (Fsp3) is 0.250. The Morgan fingerprint density at radius 2 is 1.83 bits per heavy atom. The van der Waals surface area contributed by atoms with Crippen LogP contribution in [0.5, 0.6) is 11.5 Å². The molecule has 7 heteroatoms. The van der Waals surface area contributed by atoms with Crippen LogP contribution in [-0.2, 0) is 15.0 Å². The number of methoxy groups -OCH3 is 1. The topological polar surface area (TPSA) is 100.0 Å². The van der Waals surface area contributed by atoms with Gasteiger partial charge in [-0.05, 0) is 59.9 Å². The van der Waals surface area contributed by atoms with Crippen molar-refractivity contribution < 1.29 is 24.5 Å². The van der Waals surface area contributed by atoms with E-state index in [2.05, 4.69) is 4.98 Å². The standard InChI is InChI=1S/C28H28N2O5/c1-16-8-10-21(31)20(13-16)30-24(18-7-6-12-29-15-18)23(26(33)27(30)34)25(32)17-9-11-22(35-5)19(14-17)28(2,3)4/h6-15,24,31-32H,1-5H3/b25-23-. The van der Waals surface area contributed by atoms with Crippen LogP contribution in [0.15, 0.2) is 66.5 Å². The molecular weight excluding hydrogens is 444 g/mol. The zero-order chi connectivity index (χ0) is 25.5. The molecule has 1 saturated heterocycles. The van der Waals surface area contributed by atoms with Crippen LogP contribution in [0.3, 0.4) is 0 Å². The van der Waals surface area contributed by atoms with Crippen molar-refractivity contribution in [2.45, 2.75) is 39.2 Å². The number of carbonyl (C=O) groups excluding carboxylic acids is 2. The minimum atomic E-state index is -0.975. The summed E-state index contributed by atoms with van der Waals surface area (Å²) in [6, 6.07) is 12.4. The van der Waals surface area contributed by atoms with E-state index in [1.807, 2.05) is 27.7 Å². The molecule has 1 amide bonds. The highest BCUT2D eigenvalue weighted by atomic mass is 16.5. The lowest BCUT2D eigenvalue weighted by molar-refractivity contribution is -0.132. The van der Waals surface area contributed by atoms with Gasteiger partial charge in [-0.1, -0.05) is 32.9 Å². The molecule has 1 aliphatic rings. The third-order valence-electron chi connectivity index (χ3n) is 6.12. The van der Waals surface area contributed by atoms with Crippen molar-refractivity contribution in [3.63, 3.8) is 0 Å². The first-order valence-electron chi connectivity index (χ1n) is 11.2. The quantitative estimate of drug-likeness (QED) is 0.314. The monoisotopic (exact) mass is 472 g/mol. The van der Waals surface area contributed by atoms with E-state index in [9.17, 15) is 19.8 Å². The van der Waals surface area contributed by atoms with Crippen LogP contribution in [0, 0.1) is 6.92 Å². The summed E-state index contributed by atoms with van der Waals surface area (Å²) >= 11 is 0. The molecule has 1 atom stereocenters. The van der Waals surface area contributed by atoms with Crippen molar-refractivity contribution in [3.8, 4) is 11.5 Å². The maximum absolute atomic E-state index is 13.4. The number of aliphatic hydroxyl groups excluding tert-OH is 1. The number of pyridine rings is 1. The molecule has 0 spiro atoms. The number of hydrogen-bond donors (Lipinski definition) is 2. The first kappa shape index (κ1) is 24.0. The molecule has 2 aromatic carbocycles. The summed E-state index contributed by atoms with van der Waals surface area (Å²) < 4.78 is 5.50. The van der Waals surface area contributed by atoms with Crippen molar-refractivity contribution in [3.05, 3.63) is 88.8 Å². The predicted molar refractivity (Wildman–Crippen MR) is 134 cm³/mol. The van der Waals surface area contributed by atoms with Crippen LogP contribution in [-0.4, -0.2) is 34.0 Å². The number of aromatic nitrogens is 1. The summed E-state index contributed by atoms with van der Waals surface area (Å²) in [5.74, 6) is -1.48. The van der Waals surface area contributed by atoms with Gasteiger partial charge >= 0.3 is 0 Å². The van der Waals surface area contributed by atoms with Gasteiger partial charge in [0.1, 0.15) is 17.3 Å². The summed E-state index contributed by atoms with van der Waals surface area (Å²) in [5.41, 5.74) is 2.36. The molecule has 3 aromatic rings. The maximum atomic E-state index is 13.4. The number of aryl methyl sites for hydroxylation is 1. The number of amides is 1. The Kier molecular flexibility index (Phi) is 6.11. The number of aliphatic hydroxyl groups is 1. The second-order valence-corrected chi connectivity index (χ2v) is 9.61. The predicted octanol–water partition coefficient (Wildman–Crippen LogP) is 5.03. The normalized spacial score (nSPS) is 17.6. The Morgan fingerprint density at radius 3 is 2.46 bits per heavy atom. The molecular formula is C28H28N2O5. The minimum Gasteiger partial charge on any atom is -0.507 e. The second kappa shape index (κ2) is 8.91. The van der Waals surface area contributed by atoms with Crippen molar-refractivity contribution >= 4 is 23.1 Å².